The maximum Gasteiger partial charge on any atom is 0.411 e. The molecule has 4 aromatic carbocycles. The summed E-state index contributed by atoms with van der Waals surface area (Å²) in [6.07, 6.45) is 10.8. The molecular formula is C70H85F2N7O9. The highest BCUT2D eigenvalue weighted by atomic mass is 19.1. The summed E-state index contributed by atoms with van der Waals surface area (Å²) in [5.74, 6) is -0.834. The number of hydrogen-bond donors (Lipinski definition) is 3. The molecule has 0 unspecified atom stereocenters. The quantitative estimate of drug-likeness (QED) is 0.120. The molecule has 2 atom stereocenters. The zero-order chi connectivity index (χ0) is 61.6. The number of rotatable bonds is 12. The second-order valence-electron chi connectivity index (χ2n) is 27.8. The van der Waals surface area contributed by atoms with Gasteiger partial charge in [0.05, 0.1) is 92.6 Å². The van der Waals surface area contributed by atoms with Crippen LogP contribution >= 0.6 is 0 Å². The maximum atomic E-state index is 15.4. The van der Waals surface area contributed by atoms with Gasteiger partial charge in [0, 0.05) is 45.6 Å². The number of ketones is 1. The fourth-order valence-electron chi connectivity index (χ4n) is 15.5. The number of carbonyl (C=O) groups excluding carboxylic acids is 2. The minimum atomic E-state index is -1.03. The van der Waals surface area contributed by atoms with Crippen molar-refractivity contribution in [2.24, 2.45) is 23.5 Å². The van der Waals surface area contributed by atoms with Gasteiger partial charge < -0.3 is 39.8 Å². The van der Waals surface area contributed by atoms with Crippen molar-refractivity contribution < 1.29 is 52.0 Å². The van der Waals surface area contributed by atoms with Crippen LogP contribution in [0.4, 0.5) is 13.6 Å². The van der Waals surface area contributed by atoms with Crippen LogP contribution in [-0.2, 0) is 70.5 Å². The Morgan fingerprint density at radius 3 is 1.58 bits per heavy atom. The Kier molecular flexibility index (Phi) is 17.8. The van der Waals surface area contributed by atoms with E-state index in [-0.39, 0.29) is 47.9 Å². The standard InChI is InChI=1S/C33H38FN3O3.C24H26FN3O2.C13H21NO4/c34-30-16-25(1-3-26(30)13-23(17-35)14-31(38)32-7-5-22(6-8-32)18-36-32)24-2-4-27-19-40-33(29(27)15-24)9-11-37(12-10-33)28-20-39-21-28;25-23-11-17(1-3-18(23)9-20(27)12-26)16-2-4-19-13-30-24(22(19)10-16)5-7-28(8-6-24)21-14-29-15-21;1-12(2,3)18-11(17)14-8-9-4-6-13(14,7-5-9)10(15)16/h1-4,15-16,22-23,28,36H,5-14,18-21H2;1-4,10-11,20-21H,5-9,13-15,27H2;9H,4-8H2,1-3H3,(H,15,16)/t22?,23-,32?;20-;/m10./s1. The molecule has 4 bridgehead atoms. The second-order valence-corrected chi connectivity index (χ2v) is 27.8. The molecule has 2 spiro atoms. The molecule has 1 amide bonds. The third-order valence-corrected chi connectivity index (χ3v) is 21.3. The van der Waals surface area contributed by atoms with Gasteiger partial charge >= 0.3 is 12.1 Å². The minimum absolute atomic E-state index is 0.121. The molecule has 88 heavy (non-hydrogen) atoms. The summed E-state index contributed by atoms with van der Waals surface area (Å²) < 4.78 is 58.8. The number of carboxylic acids is 1. The Labute approximate surface area is 515 Å². The smallest absolute Gasteiger partial charge is 0.411 e. The van der Waals surface area contributed by atoms with Gasteiger partial charge in [-0.1, -0.05) is 48.5 Å². The number of aliphatic carboxylic acids is 1. The number of piperidine rings is 6. The summed E-state index contributed by atoms with van der Waals surface area (Å²) in [4.78, 5) is 43.4. The number of ether oxygens (including phenoxy) is 5. The van der Waals surface area contributed by atoms with Crippen molar-refractivity contribution in [2.45, 2.75) is 176 Å². The molecule has 10 heterocycles. The average Bonchev–Trinajstić information content (AvgIpc) is 1.39. The number of likely N-dealkylation sites (tertiary alicyclic amines) is 2. The second kappa shape index (κ2) is 25.2. The summed E-state index contributed by atoms with van der Waals surface area (Å²) in [6.45, 7) is 15.4. The molecule has 0 radical (unpaired) electrons. The lowest BCUT2D eigenvalue weighted by Crippen LogP contribution is -2.64. The van der Waals surface area contributed by atoms with Gasteiger partial charge in [0.2, 0.25) is 0 Å². The molecule has 2 saturated carbocycles. The molecule has 4 N–H and O–H groups in total. The van der Waals surface area contributed by atoms with Crippen LogP contribution in [0.2, 0.25) is 0 Å². The van der Waals surface area contributed by atoms with Crippen LogP contribution in [0.1, 0.15) is 138 Å². The van der Waals surface area contributed by atoms with Gasteiger partial charge in [0.15, 0.2) is 5.78 Å². The number of benzene rings is 4. The van der Waals surface area contributed by atoms with Crippen molar-refractivity contribution in [3.8, 4) is 34.4 Å². The molecule has 8 saturated heterocycles. The molecule has 468 valence electrons. The van der Waals surface area contributed by atoms with E-state index in [4.69, 9.17) is 34.7 Å². The first-order valence-electron chi connectivity index (χ1n) is 32.1. The largest absolute Gasteiger partial charge is 0.479 e. The number of hydrogen-bond acceptors (Lipinski definition) is 14. The highest BCUT2D eigenvalue weighted by Crippen LogP contribution is 2.49. The Balaban J connectivity index is 0.000000138. The number of Topliss-reactive ketones (excluding diaryl/α,β-unsaturated/α-hetero) is 1. The van der Waals surface area contributed by atoms with Crippen molar-refractivity contribution in [1.29, 1.82) is 10.5 Å². The fraction of sp³-hybridized carbons (Fsp3) is 0.586. The molecule has 2 aliphatic carbocycles. The maximum absolute atomic E-state index is 15.4. The van der Waals surface area contributed by atoms with Crippen molar-refractivity contribution >= 4 is 17.8 Å². The highest BCUT2D eigenvalue weighted by Gasteiger charge is 2.55. The third-order valence-electron chi connectivity index (χ3n) is 21.3. The van der Waals surface area contributed by atoms with Crippen molar-refractivity contribution in [1.82, 2.24) is 20.0 Å². The van der Waals surface area contributed by atoms with E-state index < -0.39 is 40.7 Å². The number of halogens is 2. The molecule has 4 aromatic rings. The van der Waals surface area contributed by atoms with Crippen LogP contribution in [0, 0.1) is 52.1 Å². The summed E-state index contributed by atoms with van der Waals surface area (Å²) in [5, 5.41) is 31.7. The molecular weight excluding hydrogens is 1120 g/mol. The molecule has 0 aromatic heterocycles. The monoisotopic (exact) mass is 1210 g/mol. The number of amides is 1. The van der Waals surface area contributed by atoms with Gasteiger partial charge in [-0.3, -0.25) is 19.5 Å². The molecule has 12 aliphatic rings. The van der Waals surface area contributed by atoms with E-state index in [2.05, 4.69) is 51.5 Å². The van der Waals surface area contributed by atoms with Crippen molar-refractivity contribution in [2.75, 3.05) is 65.7 Å². The zero-order valence-electron chi connectivity index (χ0n) is 51.3. The Morgan fingerprint density at radius 2 is 1.16 bits per heavy atom. The Hall–Kier alpha value is -6.19. The minimum Gasteiger partial charge on any atom is -0.479 e. The summed E-state index contributed by atoms with van der Waals surface area (Å²) >= 11 is 0. The lowest BCUT2D eigenvalue weighted by molar-refractivity contribution is -0.160. The predicted octanol–water partition coefficient (Wildman–Crippen LogP) is 10.2. The topological polar surface area (TPSA) is 213 Å². The first kappa shape index (κ1) is 62.0. The van der Waals surface area contributed by atoms with Gasteiger partial charge in [0.25, 0.3) is 0 Å². The number of nitrogens with one attached hydrogen (secondary N) is 1. The van der Waals surface area contributed by atoms with Crippen LogP contribution in [0.25, 0.3) is 22.3 Å². The summed E-state index contributed by atoms with van der Waals surface area (Å²) in [6, 6.07) is 27.9. The van der Waals surface area contributed by atoms with Gasteiger partial charge in [0.1, 0.15) is 22.8 Å². The molecule has 16 rings (SSSR count). The average molecular weight is 1210 g/mol. The zero-order valence-corrected chi connectivity index (χ0v) is 51.3. The van der Waals surface area contributed by atoms with Crippen LogP contribution in [0.5, 0.6) is 0 Å². The van der Waals surface area contributed by atoms with Gasteiger partial charge in [-0.25, -0.2) is 18.4 Å². The molecule has 18 heteroatoms. The number of nitrogens with two attached hydrogens (primary N) is 1. The molecule has 10 fully saturated rings. The molecule has 10 aliphatic heterocycles. The normalized spacial score (nSPS) is 26.6. The van der Waals surface area contributed by atoms with E-state index in [1.54, 1.807) is 45.0 Å². The first-order chi connectivity index (χ1) is 42.3. The van der Waals surface area contributed by atoms with E-state index in [1.165, 1.54) is 27.2 Å². The van der Waals surface area contributed by atoms with E-state index in [1.807, 2.05) is 24.3 Å². The van der Waals surface area contributed by atoms with Gasteiger partial charge in [-0.2, -0.15) is 10.5 Å². The number of fused-ring (bicyclic) bond motifs is 10. The van der Waals surface area contributed by atoms with Crippen molar-refractivity contribution in [3.63, 3.8) is 0 Å². The van der Waals surface area contributed by atoms with Crippen LogP contribution in [0.3, 0.4) is 0 Å². The first-order valence-corrected chi connectivity index (χ1v) is 32.1. The lowest BCUT2D eigenvalue weighted by Gasteiger charge is -2.51. The molecule has 16 nitrogen and oxygen atoms in total. The van der Waals surface area contributed by atoms with E-state index in [0.717, 1.165) is 146 Å². The highest BCUT2D eigenvalue weighted by molar-refractivity contribution is 5.89. The van der Waals surface area contributed by atoms with Crippen LogP contribution in [0.15, 0.2) is 72.8 Å². The van der Waals surface area contributed by atoms with Crippen molar-refractivity contribution in [3.05, 3.63) is 118 Å². The number of carboxylic acid groups (broad SMARTS) is 1. The van der Waals surface area contributed by atoms with E-state index in [0.29, 0.717) is 67.6 Å². The third kappa shape index (κ3) is 12.5. The van der Waals surface area contributed by atoms with E-state index >= 15 is 4.39 Å². The SMILES string of the molecule is CC(C)(C)OC(=O)N1CC2CCC1(C(=O)O)CC2.N#C[C@@H](CC(=O)C12CCC(CC1)CN2)Cc1ccc(-c2ccc3c(c2)C2(CCN(C4COC4)CC2)OC3)cc1F.N#C[C@@H](N)Cc1ccc(-c2ccc3c(c2)C2(CCN(C4COC4)CC2)OC3)cc1F. The summed E-state index contributed by atoms with van der Waals surface area (Å²) in [7, 11) is 0. The van der Waals surface area contributed by atoms with Crippen LogP contribution < -0.4 is 11.1 Å². The number of nitrogens with zero attached hydrogens (tertiary/aromatic N) is 5. The van der Waals surface area contributed by atoms with Crippen LogP contribution in [-0.4, -0.2) is 138 Å². The fourth-order valence-corrected chi connectivity index (χ4v) is 15.5. The van der Waals surface area contributed by atoms with E-state index in [9.17, 15) is 29.1 Å². The van der Waals surface area contributed by atoms with Gasteiger partial charge in [-0.05, 0) is 203 Å². The summed E-state index contributed by atoms with van der Waals surface area (Å²) in [5.41, 5.74) is 12.6. The Bertz CT molecular complexity index is 3320. The number of carbonyl (C=O) groups is 3. The Morgan fingerprint density at radius 1 is 0.682 bits per heavy atom. The number of nitriles is 2. The van der Waals surface area contributed by atoms with Gasteiger partial charge in [-0.15, -0.1) is 0 Å². The predicted molar refractivity (Wildman–Crippen MR) is 325 cm³/mol. The lowest BCUT2D eigenvalue weighted by atomic mass is 9.68.